The predicted octanol–water partition coefficient (Wildman–Crippen LogP) is 4.96. The lowest BCUT2D eigenvalue weighted by molar-refractivity contribution is -0.143. The fraction of sp³-hybridized carbons (Fsp3) is 0.789. The van der Waals surface area contributed by atoms with Crippen molar-refractivity contribution >= 4 is 11.9 Å². The third-order valence-corrected chi connectivity index (χ3v) is 3.63. The van der Waals surface area contributed by atoms with Gasteiger partial charge in [0, 0.05) is 12.2 Å². The third kappa shape index (κ3) is 15.4. The highest BCUT2D eigenvalue weighted by molar-refractivity contribution is 5.91. The first-order chi connectivity index (χ1) is 11.1. The summed E-state index contributed by atoms with van der Waals surface area (Å²) >= 11 is 0. The van der Waals surface area contributed by atoms with Crippen LogP contribution in [0.3, 0.4) is 0 Å². The summed E-state index contributed by atoms with van der Waals surface area (Å²) in [5, 5.41) is 0. The van der Waals surface area contributed by atoms with Crippen molar-refractivity contribution in [1.29, 1.82) is 0 Å². The molecule has 1 atom stereocenters. The molecule has 0 spiro atoms. The average Bonchev–Trinajstić information content (AvgIpc) is 2.53. The Kier molecular flexibility index (Phi) is 14.7. The van der Waals surface area contributed by atoms with Crippen molar-refractivity contribution < 1.29 is 19.1 Å². The van der Waals surface area contributed by atoms with Crippen LogP contribution in [0.25, 0.3) is 0 Å². The van der Waals surface area contributed by atoms with E-state index in [9.17, 15) is 9.59 Å². The van der Waals surface area contributed by atoms with E-state index in [-0.39, 0.29) is 6.10 Å². The van der Waals surface area contributed by atoms with Gasteiger partial charge in [0.25, 0.3) is 0 Å². The largest absolute Gasteiger partial charge is 0.463 e. The maximum Gasteiger partial charge on any atom is 0.331 e. The van der Waals surface area contributed by atoms with Crippen molar-refractivity contribution in [1.82, 2.24) is 0 Å². The van der Waals surface area contributed by atoms with E-state index in [4.69, 9.17) is 9.47 Å². The molecule has 0 aromatic heterocycles. The Bertz CT molecular complexity index is 336. The highest BCUT2D eigenvalue weighted by Crippen LogP contribution is 2.10. The molecule has 0 amide bonds. The first-order valence-electron chi connectivity index (χ1n) is 9.15. The second-order valence-corrected chi connectivity index (χ2v) is 6.01. The molecule has 0 aliphatic heterocycles. The van der Waals surface area contributed by atoms with E-state index in [2.05, 4.69) is 13.8 Å². The molecule has 0 aliphatic rings. The highest BCUT2D eigenvalue weighted by atomic mass is 16.5. The van der Waals surface area contributed by atoms with E-state index in [0.29, 0.717) is 6.61 Å². The summed E-state index contributed by atoms with van der Waals surface area (Å²) in [5.41, 5.74) is 0. The van der Waals surface area contributed by atoms with Crippen LogP contribution >= 0.6 is 0 Å². The van der Waals surface area contributed by atoms with E-state index in [1.807, 2.05) is 6.92 Å². The number of unbranched alkanes of at least 4 members (excludes halogenated alkanes) is 7. The molecule has 0 aromatic carbocycles. The summed E-state index contributed by atoms with van der Waals surface area (Å²) in [4.78, 5) is 23.0. The summed E-state index contributed by atoms with van der Waals surface area (Å²) < 4.78 is 10.2. The summed E-state index contributed by atoms with van der Waals surface area (Å²) in [6.45, 7) is 6.58. The predicted molar refractivity (Wildman–Crippen MR) is 93.2 cm³/mol. The molecule has 0 aliphatic carbocycles. The molecule has 134 valence electrons. The Labute approximate surface area is 141 Å². The minimum Gasteiger partial charge on any atom is -0.463 e. The number of esters is 2. The number of hydrogen-bond donors (Lipinski definition) is 0. The lowest BCUT2D eigenvalue weighted by atomic mass is 10.1. The van der Waals surface area contributed by atoms with Gasteiger partial charge in [-0.1, -0.05) is 58.8 Å². The van der Waals surface area contributed by atoms with Crippen LogP contribution in [-0.4, -0.2) is 24.6 Å². The zero-order valence-electron chi connectivity index (χ0n) is 15.1. The van der Waals surface area contributed by atoms with Crippen molar-refractivity contribution in [2.45, 2.75) is 91.1 Å². The summed E-state index contributed by atoms with van der Waals surface area (Å²) in [7, 11) is 0. The van der Waals surface area contributed by atoms with Crippen LogP contribution in [0.4, 0.5) is 0 Å². The molecular formula is C19H34O4. The van der Waals surface area contributed by atoms with Gasteiger partial charge in [0.1, 0.15) is 0 Å². The lowest BCUT2D eigenvalue weighted by Gasteiger charge is -2.11. The van der Waals surface area contributed by atoms with Crippen molar-refractivity contribution in [2.24, 2.45) is 0 Å². The van der Waals surface area contributed by atoms with Gasteiger partial charge in [-0.3, -0.25) is 0 Å². The molecule has 0 aromatic rings. The quantitative estimate of drug-likeness (QED) is 0.257. The normalized spacial score (nSPS) is 12.3. The Balaban J connectivity index is 3.69. The zero-order chi connectivity index (χ0) is 17.3. The minimum atomic E-state index is -0.485. The molecule has 23 heavy (non-hydrogen) atoms. The first kappa shape index (κ1) is 21.7. The SMILES string of the molecule is CCCCCCCCC(C)OC(=O)/C=C/C(=O)OCCCCC. The van der Waals surface area contributed by atoms with Gasteiger partial charge >= 0.3 is 11.9 Å². The molecule has 4 heteroatoms. The standard InChI is InChI=1S/C19H34O4/c1-4-6-8-9-10-11-13-17(3)23-19(21)15-14-18(20)22-16-12-7-5-2/h14-15,17H,4-13,16H2,1-3H3/b15-14+. The van der Waals surface area contributed by atoms with Crippen LogP contribution in [0.2, 0.25) is 0 Å². The van der Waals surface area contributed by atoms with E-state index in [0.717, 1.165) is 44.3 Å². The van der Waals surface area contributed by atoms with Gasteiger partial charge in [-0.25, -0.2) is 9.59 Å². The molecule has 0 saturated carbocycles. The smallest absolute Gasteiger partial charge is 0.331 e. The van der Waals surface area contributed by atoms with Gasteiger partial charge in [0.05, 0.1) is 12.7 Å². The van der Waals surface area contributed by atoms with Gasteiger partial charge < -0.3 is 9.47 Å². The van der Waals surface area contributed by atoms with Crippen LogP contribution in [-0.2, 0) is 19.1 Å². The third-order valence-electron chi connectivity index (χ3n) is 3.63. The van der Waals surface area contributed by atoms with Gasteiger partial charge in [-0.05, 0) is 26.2 Å². The fourth-order valence-corrected chi connectivity index (χ4v) is 2.22. The Morgan fingerprint density at radius 3 is 2.09 bits per heavy atom. The van der Waals surface area contributed by atoms with Crippen LogP contribution in [0.15, 0.2) is 12.2 Å². The van der Waals surface area contributed by atoms with Crippen molar-refractivity contribution in [3.05, 3.63) is 12.2 Å². The number of rotatable bonds is 14. The zero-order valence-corrected chi connectivity index (χ0v) is 15.1. The van der Waals surface area contributed by atoms with E-state index in [1.54, 1.807) is 0 Å². The number of carbonyl (C=O) groups excluding carboxylic acids is 2. The Morgan fingerprint density at radius 1 is 0.826 bits per heavy atom. The Morgan fingerprint density at radius 2 is 1.39 bits per heavy atom. The molecule has 1 unspecified atom stereocenters. The van der Waals surface area contributed by atoms with Gasteiger partial charge in [0.2, 0.25) is 0 Å². The fourth-order valence-electron chi connectivity index (χ4n) is 2.22. The average molecular weight is 326 g/mol. The summed E-state index contributed by atoms with van der Waals surface area (Å²) in [5.74, 6) is -0.962. The number of carbonyl (C=O) groups is 2. The molecule has 0 fully saturated rings. The van der Waals surface area contributed by atoms with Gasteiger partial charge in [-0.2, -0.15) is 0 Å². The van der Waals surface area contributed by atoms with Crippen molar-refractivity contribution in [2.75, 3.05) is 6.61 Å². The topological polar surface area (TPSA) is 52.6 Å². The van der Waals surface area contributed by atoms with E-state index in [1.165, 1.54) is 32.1 Å². The van der Waals surface area contributed by atoms with Gasteiger partial charge in [-0.15, -0.1) is 0 Å². The minimum absolute atomic E-state index is 0.112. The van der Waals surface area contributed by atoms with Crippen LogP contribution in [0, 0.1) is 0 Å². The Hall–Kier alpha value is -1.32. The van der Waals surface area contributed by atoms with E-state index < -0.39 is 11.9 Å². The number of ether oxygens (including phenoxy) is 2. The van der Waals surface area contributed by atoms with Crippen LogP contribution < -0.4 is 0 Å². The molecule has 4 nitrogen and oxygen atoms in total. The molecule has 0 bridgehead atoms. The molecule has 0 N–H and O–H groups in total. The maximum atomic E-state index is 11.6. The summed E-state index contributed by atoms with van der Waals surface area (Å²) in [6, 6.07) is 0. The molecule has 0 rings (SSSR count). The molecule has 0 saturated heterocycles. The monoisotopic (exact) mass is 326 g/mol. The summed E-state index contributed by atoms with van der Waals surface area (Å²) in [6.07, 6.45) is 13.4. The van der Waals surface area contributed by atoms with Crippen molar-refractivity contribution in [3.8, 4) is 0 Å². The van der Waals surface area contributed by atoms with E-state index >= 15 is 0 Å². The van der Waals surface area contributed by atoms with Crippen molar-refractivity contribution in [3.63, 3.8) is 0 Å². The highest BCUT2D eigenvalue weighted by Gasteiger charge is 2.07. The van der Waals surface area contributed by atoms with Gasteiger partial charge in [0.15, 0.2) is 0 Å². The molecule has 0 heterocycles. The van der Waals surface area contributed by atoms with Crippen LogP contribution in [0.1, 0.15) is 85.0 Å². The second kappa shape index (κ2) is 15.6. The second-order valence-electron chi connectivity index (χ2n) is 6.01. The maximum absolute atomic E-state index is 11.6. The lowest BCUT2D eigenvalue weighted by Crippen LogP contribution is -2.13. The molecule has 0 radical (unpaired) electrons. The van der Waals surface area contributed by atoms with Crippen LogP contribution in [0.5, 0.6) is 0 Å². The molecular weight excluding hydrogens is 292 g/mol. The first-order valence-corrected chi connectivity index (χ1v) is 9.15. The number of hydrogen-bond acceptors (Lipinski definition) is 4.